The molecule has 1 aromatic carbocycles. The highest BCUT2D eigenvalue weighted by Gasteiger charge is 2.30. The standard InChI is InChI=1S/C20H31F3N4O.HI/c1-14(15-8-7-9-16(12-15)20(21,22)23)10-11-25-18(24-5)27(6)13-17(28)26-19(2,3)4;/h7-9,12,14H,10-11,13H2,1-6H3,(H,24,25)(H,26,28);1H. The molecule has 0 aliphatic heterocycles. The smallest absolute Gasteiger partial charge is 0.356 e. The van der Waals surface area contributed by atoms with E-state index in [2.05, 4.69) is 15.6 Å². The summed E-state index contributed by atoms with van der Waals surface area (Å²) >= 11 is 0. The normalized spacial score (nSPS) is 13.3. The molecule has 0 radical (unpaired) electrons. The van der Waals surface area contributed by atoms with Crippen molar-refractivity contribution in [2.45, 2.75) is 51.7 Å². The van der Waals surface area contributed by atoms with E-state index >= 15 is 0 Å². The van der Waals surface area contributed by atoms with Crippen LogP contribution in [0.3, 0.4) is 0 Å². The number of halogens is 4. The second-order valence-corrected chi connectivity index (χ2v) is 7.94. The number of rotatable bonds is 6. The van der Waals surface area contributed by atoms with E-state index in [4.69, 9.17) is 0 Å². The Labute approximate surface area is 188 Å². The first kappa shape index (κ1) is 27.5. The molecule has 1 unspecified atom stereocenters. The van der Waals surface area contributed by atoms with E-state index in [1.165, 1.54) is 12.1 Å². The molecule has 29 heavy (non-hydrogen) atoms. The van der Waals surface area contributed by atoms with Gasteiger partial charge in [-0.25, -0.2) is 0 Å². The van der Waals surface area contributed by atoms with Crippen molar-refractivity contribution in [3.05, 3.63) is 35.4 Å². The number of alkyl halides is 3. The molecule has 0 saturated heterocycles. The lowest BCUT2D eigenvalue weighted by atomic mass is 9.96. The lowest BCUT2D eigenvalue weighted by Crippen LogP contribution is -2.48. The second kappa shape index (κ2) is 11.6. The molecule has 1 atom stereocenters. The highest BCUT2D eigenvalue weighted by molar-refractivity contribution is 14.0. The van der Waals surface area contributed by atoms with Gasteiger partial charge in [-0.1, -0.05) is 25.1 Å². The molecular weight excluding hydrogens is 496 g/mol. The molecule has 0 aromatic heterocycles. The third kappa shape index (κ3) is 10.2. The predicted octanol–water partition coefficient (Wildman–Crippen LogP) is 4.24. The molecule has 5 nitrogen and oxygen atoms in total. The van der Waals surface area contributed by atoms with Crippen LogP contribution in [0.2, 0.25) is 0 Å². The van der Waals surface area contributed by atoms with E-state index in [1.807, 2.05) is 27.7 Å². The van der Waals surface area contributed by atoms with Gasteiger partial charge in [-0.05, 0) is 44.7 Å². The van der Waals surface area contributed by atoms with Crippen LogP contribution in [-0.2, 0) is 11.0 Å². The Morgan fingerprint density at radius 1 is 1.24 bits per heavy atom. The molecule has 1 rings (SSSR count). The Morgan fingerprint density at radius 2 is 1.86 bits per heavy atom. The van der Waals surface area contributed by atoms with E-state index in [9.17, 15) is 18.0 Å². The fourth-order valence-corrected chi connectivity index (χ4v) is 2.72. The number of nitrogens with one attached hydrogen (secondary N) is 2. The average molecular weight is 528 g/mol. The summed E-state index contributed by atoms with van der Waals surface area (Å²) in [6.07, 6.45) is -3.71. The maximum Gasteiger partial charge on any atom is 0.416 e. The number of aliphatic imine (C=N–C) groups is 1. The van der Waals surface area contributed by atoms with Gasteiger partial charge in [-0.2, -0.15) is 13.2 Å². The number of hydrogen-bond donors (Lipinski definition) is 2. The number of likely N-dealkylation sites (N-methyl/N-ethyl adjacent to an activating group) is 1. The van der Waals surface area contributed by atoms with Gasteiger partial charge < -0.3 is 15.5 Å². The van der Waals surface area contributed by atoms with Gasteiger partial charge in [0.2, 0.25) is 5.91 Å². The van der Waals surface area contributed by atoms with Crippen molar-refractivity contribution >= 4 is 35.8 Å². The fraction of sp³-hybridized carbons (Fsp3) is 0.600. The van der Waals surface area contributed by atoms with E-state index in [0.29, 0.717) is 24.5 Å². The quantitative estimate of drug-likeness (QED) is 0.330. The van der Waals surface area contributed by atoms with Crippen LogP contribution in [0.25, 0.3) is 0 Å². The molecule has 0 aliphatic carbocycles. The zero-order chi connectivity index (χ0) is 21.5. The largest absolute Gasteiger partial charge is 0.416 e. The van der Waals surface area contributed by atoms with Crippen molar-refractivity contribution < 1.29 is 18.0 Å². The Hall–Kier alpha value is -1.52. The van der Waals surface area contributed by atoms with Crippen LogP contribution in [0.5, 0.6) is 0 Å². The van der Waals surface area contributed by atoms with Crippen molar-refractivity contribution in [2.75, 3.05) is 27.2 Å². The lowest BCUT2D eigenvalue weighted by Gasteiger charge is -2.25. The molecule has 1 amide bonds. The topological polar surface area (TPSA) is 56.7 Å². The molecule has 2 N–H and O–H groups in total. The predicted molar refractivity (Wildman–Crippen MR) is 122 cm³/mol. The molecule has 166 valence electrons. The Balaban J connectivity index is 0.00000784. The van der Waals surface area contributed by atoms with Crippen LogP contribution in [0, 0.1) is 0 Å². The third-order valence-corrected chi connectivity index (χ3v) is 4.11. The highest BCUT2D eigenvalue weighted by Crippen LogP contribution is 2.31. The van der Waals surface area contributed by atoms with Crippen LogP contribution in [0.4, 0.5) is 13.2 Å². The zero-order valence-electron chi connectivity index (χ0n) is 17.9. The zero-order valence-corrected chi connectivity index (χ0v) is 20.2. The lowest BCUT2D eigenvalue weighted by molar-refractivity contribution is -0.137. The van der Waals surface area contributed by atoms with Crippen LogP contribution >= 0.6 is 24.0 Å². The second-order valence-electron chi connectivity index (χ2n) is 7.94. The Morgan fingerprint density at radius 3 is 2.38 bits per heavy atom. The van der Waals surface area contributed by atoms with Crippen molar-refractivity contribution in [1.29, 1.82) is 0 Å². The van der Waals surface area contributed by atoms with Gasteiger partial charge in [0.15, 0.2) is 5.96 Å². The van der Waals surface area contributed by atoms with Gasteiger partial charge in [-0.3, -0.25) is 9.79 Å². The molecule has 0 spiro atoms. The van der Waals surface area contributed by atoms with Gasteiger partial charge in [-0.15, -0.1) is 24.0 Å². The first-order valence-corrected chi connectivity index (χ1v) is 9.23. The number of carbonyl (C=O) groups is 1. The monoisotopic (exact) mass is 528 g/mol. The molecule has 0 aliphatic rings. The van der Waals surface area contributed by atoms with Gasteiger partial charge >= 0.3 is 6.18 Å². The molecule has 0 heterocycles. The van der Waals surface area contributed by atoms with Gasteiger partial charge in [0.1, 0.15) is 0 Å². The van der Waals surface area contributed by atoms with E-state index < -0.39 is 11.7 Å². The third-order valence-electron chi connectivity index (χ3n) is 4.11. The SMILES string of the molecule is CN=C(NCCC(C)c1cccc(C(F)(F)F)c1)N(C)CC(=O)NC(C)(C)C.I. The summed E-state index contributed by atoms with van der Waals surface area (Å²) in [4.78, 5) is 17.9. The maximum absolute atomic E-state index is 12.9. The van der Waals surface area contributed by atoms with Crippen LogP contribution in [-0.4, -0.2) is 49.5 Å². The maximum atomic E-state index is 12.9. The van der Waals surface area contributed by atoms with Crippen LogP contribution < -0.4 is 10.6 Å². The summed E-state index contributed by atoms with van der Waals surface area (Å²) in [5.41, 5.74) is -0.301. The summed E-state index contributed by atoms with van der Waals surface area (Å²) in [5.74, 6) is 0.387. The number of nitrogens with zero attached hydrogens (tertiary/aromatic N) is 2. The van der Waals surface area contributed by atoms with Crippen molar-refractivity contribution in [3.63, 3.8) is 0 Å². The van der Waals surface area contributed by atoms with E-state index in [-0.39, 0.29) is 47.9 Å². The Kier molecular flexibility index (Phi) is 11.0. The number of amides is 1. The van der Waals surface area contributed by atoms with Crippen molar-refractivity contribution in [2.24, 2.45) is 4.99 Å². The molecular formula is C20H32F3IN4O. The summed E-state index contributed by atoms with van der Waals surface area (Å²) in [6, 6.07) is 5.41. The van der Waals surface area contributed by atoms with Crippen LogP contribution in [0.1, 0.15) is 51.2 Å². The summed E-state index contributed by atoms with van der Waals surface area (Å²) in [5, 5.41) is 6.04. The van der Waals surface area contributed by atoms with Gasteiger partial charge in [0.25, 0.3) is 0 Å². The molecule has 0 saturated carbocycles. The first-order chi connectivity index (χ1) is 12.8. The number of benzene rings is 1. The molecule has 0 bridgehead atoms. The van der Waals surface area contributed by atoms with Gasteiger partial charge in [0, 0.05) is 26.2 Å². The van der Waals surface area contributed by atoms with Crippen molar-refractivity contribution in [3.8, 4) is 0 Å². The number of guanidine groups is 1. The highest BCUT2D eigenvalue weighted by atomic mass is 127. The fourth-order valence-electron chi connectivity index (χ4n) is 2.72. The number of hydrogen-bond acceptors (Lipinski definition) is 2. The molecule has 9 heteroatoms. The minimum Gasteiger partial charge on any atom is -0.356 e. The van der Waals surface area contributed by atoms with Gasteiger partial charge in [0.05, 0.1) is 12.1 Å². The summed E-state index contributed by atoms with van der Waals surface area (Å²) < 4.78 is 38.6. The van der Waals surface area contributed by atoms with Crippen LogP contribution in [0.15, 0.2) is 29.3 Å². The van der Waals surface area contributed by atoms with E-state index in [1.54, 1.807) is 25.1 Å². The minimum atomic E-state index is -4.34. The number of carbonyl (C=O) groups excluding carboxylic acids is 1. The average Bonchev–Trinajstić information content (AvgIpc) is 2.56. The summed E-state index contributed by atoms with van der Waals surface area (Å²) in [7, 11) is 3.38. The van der Waals surface area contributed by atoms with Crippen molar-refractivity contribution in [1.82, 2.24) is 15.5 Å². The first-order valence-electron chi connectivity index (χ1n) is 9.23. The molecule has 0 fully saturated rings. The van der Waals surface area contributed by atoms with E-state index in [0.717, 1.165) is 6.07 Å². The molecule has 1 aromatic rings. The minimum absolute atomic E-state index is 0. The Bertz CT molecular complexity index is 687. The summed E-state index contributed by atoms with van der Waals surface area (Å²) in [6.45, 7) is 8.29.